The lowest BCUT2D eigenvalue weighted by Crippen LogP contribution is -2.38. The fourth-order valence-electron chi connectivity index (χ4n) is 2.23. The molecule has 2 N–H and O–H groups in total. The third-order valence-corrected chi connectivity index (χ3v) is 3.10. The molecule has 0 saturated heterocycles. The Morgan fingerprint density at radius 1 is 1.38 bits per heavy atom. The highest BCUT2D eigenvalue weighted by Gasteiger charge is 2.16. The van der Waals surface area contributed by atoms with Crippen molar-refractivity contribution in [2.75, 3.05) is 0 Å². The van der Waals surface area contributed by atoms with Crippen LogP contribution in [0.5, 0.6) is 0 Å². The summed E-state index contributed by atoms with van der Waals surface area (Å²) < 4.78 is 0. The SMILES string of the molecule is Cc1cc(C)c(C(=O)N[C@@H](C)Cc2cnccn2)c(=O)[nH]1. The highest BCUT2D eigenvalue weighted by molar-refractivity contribution is 5.95. The molecule has 2 rings (SSSR count). The maximum Gasteiger partial charge on any atom is 0.261 e. The van der Waals surface area contributed by atoms with Crippen LogP contribution in [0.1, 0.15) is 34.2 Å². The maximum absolute atomic E-state index is 12.2. The van der Waals surface area contributed by atoms with E-state index in [4.69, 9.17) is 0 Å². The zero-order valence-corrected chi connectivity index (χ0v) is 12.3. The van der Waals surface area contributed by atoms with Crippen molar-refractivity contribution < 1.29 is 4.79 Å². The number of aromatic amines is 1. The largest absolute Gasteiger partial charge is 0.349 e. The third kappa shape index (κ3) is 3.75. The smallest absolute Gasteiger partial charge is 0.261 e. The molecular formula is C15H18N4O2. The van der Waals surface area contributed by atoms with Gasteiger partial charge in [-0.1, -0.05) is 0 Å². The molecule has 2 aromatic rings. The number of rotatable bonds is 4. The Labute approximate surface area is 122 Å². The van der Waals surface area contributed by atoms with E-state index in [1.54, 1.807) is 38.5 Å². The summed E-state index contributed by atoms with van der Waals surface area (Å²) in [5, 5.41) is 2.82. The van der Waals surface area contributed by atoms with Gasteiger partial charge in [0.15, 0.2) is 0 Å². The second kappa shape index (κ2) is 6.30. The first-order valence-electron chi connectivity index (χ1n) is 6.73. The molecular weight excluding hydrogens is 268 g/mol. The third-order valence-electron chi connectivity index (χ3n) is 3.10. The van der Waals surface area contributed by atoms with Crippen molar-refractivity contribution in [1.82, 2.24) is 20.3 Å². The fourth-order valence-corrected chi connectivity index (χ4v) is 2.23. The van der Waals surface area contributed by atoms with E-state index in [1.807, 2.05) is 6.92 Å². The minimum Gasteiger partial charge on any atom is -0.349 e. The number of amides is 1. The summed E-state index contributed by atoms with van der Waals surface area (Å²) in [7, 11) is 0. The van der Waals surface area contributed by atoms with Gasteiger partial charge in [-0.25, -0.2) is 0 Å². The lowest BCUT2D eigenvalue weighted by atomic mass is 10.1. The predicted octanol–water partition coefficient (Wildman–Crippen LogP) is 1.14. The Hall–Kier alpha value is -2.50. The molecule has 2 heterocycles. The van der Waals surface area contributed by atoms with Crippen molar-refractivity contribution in [2.45, 2.75) is 33.2 Å². The van der Waals surface area contributed by atoms with Crippen molar-refractivity contribution in [1.29, 1.82) is 0 Å². The van der Waals surface area contributed by atoms with E-state index >= 15 is 0 Å². The molecule has 0 bridgehead atoms. The monoisotopic (exact) mass is 286 g/mol. The van der Waals surface area contributed by atoms with Crippen molar-refractivity contribution in [3.8, 4) is 0 Å². The van der Waals surface area contributed by atoms with E-state index in [-0.39, 0.29) is 23.1 Å². The Balaban J connectivity index is 2.10. The van der Waals surface area contributed by atoms with E-state index < -0.39 is 0 Å². The average molecular weight is 286 g/mol. The highest BCUT2D eigenvalue weighted by atomic mass is 16.2. The van der Waals surface area contributed by atoms with Gasteiger partial charge in [0.1, 0.15) is 5.56 Å². The van der Waals surface area contributed by atoms with Gasteiger partial charge in [-0.15, -0.1) is 0 Å². The van der Waals surface area contributed by atoms with Crippen LogP contribution < -0.4 is 10.9 Å². The summed E-state index contributed by atoms with van der Waals surface area (Å²) in [5.74, 6) is -0.370. The van der Waals surface area contributed by atoms with Gasteiger partial charge >= 0.3 is 0 Å². The highest BCUT2D eigenvalue weighted by Crippen LogP contribution is 2.05. The molecule has 21 heavy (non-hydrogen) atoms. The molecule has 0 radical (unpaired) electrons. The summed E-state index contributed by atoms with van der Waals surface area (Å²) in [4.78, 5) is 34.9. The molecule has 6 nitrogen and oxygen atoms in total. The van der Waals surface area contributed by atoms with Gasteiger partial charge in [0.25, 0.3) is 11.5 Å². The number of nitrogens with one attached hydrogen (secondary N) is 2. The minimum absolute atomic E-state index is 0.144. The van der Waals surface area contributed by atoms with Gasteiger partial charge < -0.3 is 10.3 Å². The number of aromatic nitrogens is 3. The molecule has 6 heteroatoms. The Bertz CT molecular complexity index is 695. The number of pyridine rings is 1. The topological polar surface area (TPSA) is 87.7 Å². The normalized spacial score (nSPS) is 12.0. The molecule has 2 aromatic heterocycles. The Morgan fingerprint density at radius 3 is 2.76 bits per heavy atom. The van der Waals surface area contributed by atoms with E-state index in [0.29, 0.717) is 12.0 Å². The lowest BCUT2D eigenvalue weighted by molar-refractivity contribution is 0.0937. The predicted molar refractivity (Wildman–Crippen MR) is 79.2 cm³/mol. The van der Waals surface area contributed by atoms with Crippen LogP contribution in [0.15, 0.2) is 29.5 Å². The van der Waals surface area contributed by atoms with Crippen LogP contribution in [0.2, 0.25) is 0 Å². The van der Waals surface area contributed by atoms with E-state index in [1.165, 1.54) is 0 Å². The quantitative estimate of drug-likeness (QED) is 0.882. The second-order valence-corrected chi connectivity index (χ2v) is 5.11. The fraction of sp³-hybridized carbons (Fsp3) is 0.333. The number of aryl methyl sites for hydroxylation is 2. The van der Waals surface area contributed by atoms with Crippen LogP contribution in [-0.4, -0.2) is 26.9 Å². The Morgan fingerprint density at radius 2 is 2.14 bits per heavy atom. The molecule has 1 atom stereocenters. The lowest BCUT2D eigenvalue weighted by Gasteiger charge is -2.14. The van der Waals surface area contributed by atoms with Gasteiger partial charge in [-0.2, -0.15) is 0 Å². The van der Waals surface area contributed by atoms with Crippen molar-refractivity contribution >= 4 is 5.91 Å². The molecule has 0 unspecified atom stereocenters. The van der Waals surface area contributed by atoms with Gasteiger partial charge in [-0.3, -0.25) is 19.6 Å². The van der Waals surface area contributed by atoms with Crippen LogP contribution in [0, 0.1) is 13.8 Å². The van der Waals surface area contributed by atoms with E-state index in [9.17, 15) is 9.59 Å². The first-order valence-corrected chi connectivity index (χ1v) is 6.73. The van der Waals surface area contributed by atoms with Crippen molar-refractivity contribution in [3.05, 3.63) is 57.5 Å². The number of hydrogen-bond donors (Lipinski definition) is 2. The first-order chi connectivity index (χ1) is 9.97. The zero-order valence-electron chi connectivity index (χ0n) is 12.3. The van der Waals surface area contributed by atoms with Gasteiger partial charge in [0.05, 0.1) is 5.69 Å². The summed E-state index contributed by atoms with van der Waals surface area (Å²) in [6.45, 7) is 5.40. The summed E-state index contributed by atoms with van der Waals surface area (Å²) in [5.41, 5.74) is 1.99. The molecule has 0 aromatic carbocycles. The van der Waals surface area contributed by atoms with Gasteiger partial charge in [0, 0.05) is 36.7 Å². The van der Waals surface area contributed by atoms with E-state index in [2.05, 4.69) is 20.3 Å². The van der Waals surface area contributed by atoms with E-state index in [0.717, 1.165) is 11.4 Å². The number of carbonyl (C=O) groups excluding carboxylic acids is 1. The number of nitrogens with zero attached hydrogens (tertiary/aromatic N) is 2. The molecule has 1 amide bonds. The maximum atomic E-state index is 12.2. The second-order valence-electron chi connectivity index (χ2n) is 5.11. The molecule has 0 spiro atoms. The van der Waals surface area contributed by atoms with Crippen molar-refractivity contribution in [3.63, 3.8) is 0 Å². The molecule has 0 aliphatic heterocycles. The number of H-pyrrole nitrogens is 1. The van der Waals surface area contributed by atoms with Crippen LogP contribution in [0.3, 0.4) is 0 Å². The van der Waals surface area contributed by atoms with Crippen LogP contribution in [-0.2, 0) is 6.42 Å². The van der Waals surface area contributed by atoms with Crippen LogP contribution in [0.4, 0.5) is 0 Å². The van der Waals surface area contributed by atoms with Crippen LogP contribution >= 0.6 is 0 Å². The summed E-state index contributed by atoms with van der Waals surface area (Å²) >= 11 is 0. The van der Waals surface area contributed by atoms with Gasteiger partial charge in [0.2, 0.25) is 0 Å². The molecule has 0 aliphatic rings. The summed E-state index contributed by atoms with van der Waals surface area (Å²) in [6, 6.07) is 1.64. The standard InChI is InChI=1S/C15H18N4O2/c1-9-6-10(2)18-14(20)13(9)15(21)19-11(3)7-12-8-16-4-5-17-12/h4-6,8,11H,7H2,1-3H3,(H,18,20)(H,19,21)/t11-/m0/s1. The number of carbonyl (C=O) groups is 1. The van der Waals surface area contributed by atoms with Crippen LogP contribution in [0.25, 0.3) is 0 Å². The number of hydrogen-bond acceptors (Lipinski definition) is 4. The summed E-state index contributed by atoms with van der Waals surface area (Å²) in [6.07, 6.45) is 5.43. The van der Waals surface area contributed by atoms with Gasteiger partial charge in [-0.05, 0) is 32.4 Å². The zero-order chi connectivity index (χ0) is 15.4. The molecule has 0 saturated carbocycles. The molecule has 0 aliphatic carbocycles. The minimum atomic E-state index is -0.370. The molecule has 110 valence electrons. The molecule has 0 fully saturated rings. The Kier molecular flexibility index (Phi) is 4.47. The van der Waals surface area contributed by atoms with Crippen molar-refractivity contribution in [2.24, 2.45) is 0 Å². The average Bonchev–Trinajstić information content (AvgIpc) is 2.38. The first kappa shape index (κ1) is 14.9.